The molecule has 4 heterocycles. The minimum atomic E-state index is -3.08. The highest BCUT2D eigenvalue weighted by atomic mass is 32.2. The van der Waals surface area contributed by atoms with Crippen LogP contribution in [-0.4, -0.2) is 43.5 Å². The summed E-state index contributed by atoms with van der Waals surface area (Å²) in [6, 6.07) is 11.5. The first kappa shape index (κ1) is 22.6. The Balaban J connectivity index is 1.32. The van der Waals surface area contributed by atoms with Crippen molar-refractivity contribution in [3.05, 3.63) is 52.0 Å². The summed E-state index contributed by atoms with van der Waals surface area (Å²) in [6.07, 6.45) is 1.15. The predicted octanol–water partition coefficient (Wildman–Crippen LogP) is 2.89. The summed E-state index contributed by atoms with van der Waals surface area (Å²) >= 11 is 1.28. The molecule has 0 bridgehead atoms. The molecule has 0 saturated carbocycles. The molecule has 1 aromatic carbocycles. The molecule has 2 aromatic heterocycles. The fourth-order valence-electron chi connectivity index (χ4n) is 4.62. The number of fused-ring (bicyclic) bond motifs is 2. The van der Waals surface area contributed by atoms with E-state index >= 15 is 0 Å². The van der Waals surface area contributed by atoms with Crippen LogP contribution in [0.1, 0.15) is 39.3 Å². The number of anilines is 1. The number of ether oxygens (including phenoxy) is 1. The van der Waals surface area contributed by atoms with Crippen LogP contribution in [0.5, 0.6) is 5.75 Å². The van der Waals surface area contributed by atoms with E-state index in [0.29, 0.717) is 22.7 Å². The molecule has 8 nitrogen and oxygen atoms in total. The van der Waals surface area contributed by atoms with Crippen molar-refractivity contribution in [1.29, 1.82) is 5.26 Å². The minimum absolute atomic E-state index is 0.0164. The van der Waals surface area contributed by atoms with Crippen LogP contribution in [0, 0.1) is 18.3 Å². The number of nitriles is 1. The lowest BCUT2D eigenvalue weighted by Gasteiger charge is -2.32. The highest BCUT2D eigenvalue weighted by molar-refractivity contribution is 7.91. The SMILES string of the molecule is Cc1ccc2c(N)c(C(=O)N[C@H]3COc4cc(C5(C#N)CCS(=O)(=O)CC5)ccc4C3)sc2n1. The number of pyridine rings is 1. The van der Waals surface area contributed by atoms with Gasteiger partial charge < -0.3 is 15.8 Å². The second-order valence-corrected chi connectivity index (χ2v) is 12.3. The van der Waals surface area contributed by atoms with Gasteiger partial charge in [-0.05, 0) is 55.5 Å². The molecule has 0 aliphatic carbocycles. The predicted molar refractivity (Wildman–Crippen MR) is 131 cm³/mol. The lowest BCUT2D eigenvalue weighted by molar-refractivity contribution is 0.0920. The van der Waals surface area contributed by atoms with Crippen LogP contribution >= 0.6 is 11.3 Å². The van der Waals surface area contributed by atoms with E-state index in [1.54, 1.807) is 0 Å². The lowest BCUT2D eigenvalue weighted by atomic mass is 9.76. The molecule has 3 N–H and O–H groups in total. The Hall–Kier alpha value is -3.16. The van der Waals surface area contributed by atoms with Crippen molar-refractivity contribution >= 4 is 43.0 Å². The van der Waals surface area contributed by atoms with Gasteiger partial charge in [-0.2, -0.15) is 5.26 Å². The van der Waals surface area contributed by atoms with E-state index in [0.717, 1.165) is 27.0 Å². The lowest BCUT2D eigenvalue weighted by Crippen LogP contribution is -2.42. The van der Waals surface area contributed by atoms with Crippen molar-refractivity contribution in [2.75, 3.05) is 23.8 Å². The van der Waals surface area contributed by atoms with E-state index in [1.165, 1.54) is 11.3 Å². The molecule has 2 aliphatic rings. The minimum Gasteiger partial charge on any atom is -0.491 e. The number of nitrogens with one attached hydrogen (secondary N) is 1. The summed E-state index contributed by atoms with van der Waals surface area (Å²) in [5, 5.41) is 13.7. The number of sulfone groups is 1. The van der Waals surface area contributed by atoms with Crippen LogP contribution in [0.4, 0.5) is 5.69 Å². The number of hydrogen-bond donors (Lipinski definition) is 2. The van der Waals surface area contributed by atoms with E-state index in [4.69, 9.17) is 10.5 Å². The molecule has 176 valence electrons. The van der Waals surface area contributed by atoms with Crippen molar-refractivity contribution in [2.45, 2.75) is 37.6 Å². The van der Waals surface area contributed by atoms with Crippen molar-refractivity contribution in [3.63, 3.8) is 0 Å². The van der Waals surface area contributed by atoms with Gasteiger partial charge in [0.2, 0.25) is 0 Å². The molecule has 2 aliphatic heterocycles. The van der Waals surface area contributed by atoms with Crippen LogP contribution < -0.4 is 15.8 Å². The maximum atomic E-state index is 12.9. The Kier molecular flexibility index (Phi) is 5.49. The van der Waals surface area contributed by atoms with E-state index in [9.17, 15) is 18.5 Å². The highest BCUT2D eigenvalue weighted by Gasteiger charge is 2.40. The Morgan fingerprint density at radius 1 is 1.29 bits per heavy atom. The van der Waals surface area contributed by atoms with Crippen LogP contribution in [0.25, 0.3) is 10.2 Å². The summed E-state index contributed by atoms with van der Waals surface area (Å²) < 4.78 is 29.7. The first-order chi connectivity index (χ1) is 16.2. The van der Waals surface area contributed by atoms with Crippen molar-refractivity contribution in [1.82, 2.24) is 10.3 Å². The third kappa shape index (κ3) is 3.99. The molecule has 0 unspecified atom stereocenters. The summed E-state index contributed by atoms with van der Waals surface area (Å²) in [5.41, 5.74) is 8.41. The van der Waals surface area contributed by atoms with Gasteiger partial charge in [-0.25, -0.2) is 13.4 Å². The van der Waals surface area contributed by atoms with Gasteiger partial charge in [-0.3, -0.25) is 4.79 Å². The Morgan fingerprint density at radius 3 is 2.79 bits per heavy atom. The number of rotatable bonds is 3. The average Bonchev–Trinajstić information content (AvgIpc) is 3.15. The highest BCUT2D eigenvalue weighted by Crippen LogP contribution is 2.39. The maximum Gasteiger partial charge on any atom is 0.263 e. The smallest absolute Gasteiger partial charge is 0.263 e. The number of benzene rings is 1. The zero-order valence-electron chi connectivity index (χ0n) is 18.6. The third-order valence-corrected chi connectivity index (χ3v) is 9.46. The van der Waals surface area contributed by atoms with Gasteiger partial charge in [-0.1, -0.05) is 12.1 Å². The summed E-state index contributed by atoms with van der Waals surface area (Å²) in [7, 11) is -3.08. The van der Waals surface area contributed by atoms with Gasteiger partial charge in [0.25, 0.3) is 5.91 Å². The molecule has 3 aromatic rings. The Labute approximate surface area is 201 Å². The van der Waals surface area contributed by atoms with Crippen molar-refractivity contribution in [3.8, 4) is 11.8 Å². The first-order valence-electron chi connectivity index (χ1n) is 11.0. The number of nitrogens with zero attached hydrogens (tertiary/aromatic N) is 2. The normalized spacial score (nSPS) is 20.6. The molecule has 5 rings (SSSR count). The molecule has 34 heavy (non-hydrogen) atoms. The van der Waals surface area contributed by atoms with Crippen LogP contribution in [0.2, 0.25) is 0 Å². The van der Waals surface area contributed by atoms with Crippen LogP contribution in [-0.2, 0) is 21.7 Å². The van der Waals surface area contributed by atoms with Gasteiger partial charge in [-0.15, -0.1) is 11.3 Å². The topological polar surface area (TPSA) is 135 Å². The Morgan fingerprint density at radius 2 is 2.06 bits per heavy atom. The third-order valence-electron chi connectivity index (χ3n) is 6.69. The molecule has 1 fully saturated rings. The van der Waals surface area contributed by atoms with E-state index < -0.39 is 15.3 Å². The van der Waals surface area contributed by atoms with Gasteiger partial charge in [0.05, 0.1) is 34.7 Å². The average molecular weight is 497 g/mol. The van der Waals surface area contributed by atoms with Crippen LogP contribution in [0.3, 0.4) is 0 Å². The summed E-state index contributed by atoms with van der Waals surface area (Å²) in [5.74, 6) is 0.455. The number of thiophene rings is 1. The summed E-state index contributed by atoms with van der Waals surface area (Å²) in [4.78, 5) is 18.6. The van der Waals surface area contributed by atoms with E-state index in [-0.39, 0.29) is 42.9 Å². The molecule has 1 amide bonds. The van der Waals surface area contributed by atoms with Crippen LogP contribution in [0.15, 0.2) is 30.3 Å². The van der Waals surface area contributed by atoms with Gasteiger partial charge in [0, 0.05) is 11.1 Å². The molecule has 1 saturated heterocycles. The quantitative estimate of drug-likeness (QED) is 0.569. The zero-order valence-corrected chi connectivity index (χ0v) is 20.3. The Bertz CT molecular complexity index is 1440. The molecular weight excluding hydrogens is 472 g/mol. The fourth-order valence-corrected chi connectivity index (χ4v) is 7.19. The number of aromatic nitrogens is 1. The number of amides is 1. The zero-order chi connectivity index (χ0) is 24.1. The van der Waals surface area contributed by atoms with E-state index in [1.807, 2.05) is 37.3 Å². The second-order valence-electron chi connectivity index (χ2n) is 9.00. The standard InChI is InChI=1S/C24H24N4O4S2/c1-14-2-5-18-20(26)21(33-23(18)27-14)22(29)28-17-10-15-3-4-16(11-19(15)32-12-17)24(13-25)6-8-34(30,31)9-7-24/h2-5,11,17H,6-10,12,26H2,1H3,(H,28,29)/t17-/m1/s1. The largest absolute Gasteiger partial charge is 0.491 e. The van der Waals surface area contributed by atoms with Crippen molar-refractivity contribution < 1.29 is 17.9 Å². The molecule has 1 atom stereocenters. The van der Waals surface area contributed by atoms with Crippen molar-refractivity contribution in [2.24, 2.45) is 0 Å². The second kappa shape index (κ2) is 8.25. The fraction of sp³-hybridized carbons (Fsp3) is 0.375. The molecular formula is C24H24N4O4S2. The number of aryl methyl sites for hydroxylation is 1. The molecule has 0 radical (unpaired) electrons. The van der Waals surface area contributed by atoms with Gasteiger partial charge in [0.1, 0.15) is 31.9 Å². The molecule has 10 heteroatoms. The van der Waals surface area contributed by atoms with E-state index in [2.05, 4.69) is 16.4 Å². The summed E-state index contributed by atoms with van der Waals surface area (Å²) in [6.45, 7) is 2.18. The number of nitrogen functional groups attached to an aromatic ring is 1. The van der Waals surface area contributed by atoms with Gasteiger partial charge >= 0.3 is 0 Å². The number of carbonyl (C=O) groups excluding carboxylic acids is 1. The maximum absolute atomic E-state index is 12.9. The number of hydrogen-bond acceptors (Lipinski definition) is 8. The molecule has 0 spiro atoms. The monoisotopic (exact) mass is 496 g/mol. The first-order valence-corrected chi connectivity index (χ1v) is 13.7. The number of nitrogens with two attached hydrogens (primary N) is 1. The van der Waals surface area contributed by atoms with Gasteiger partial charge in [0.15, 0.2) is 0 Å². The number of carbonyl (C=O) groups is 1.